The average Bonchev–Trinajstić information content (AvgIpc) is 2.16. The molecule has 5 heteroatoms. The second-order valence-corrected chi connectivity index (χ2v) is 2.95. The van der Waals surface area contributed by atoms with Crippen molar-refractivity contribution in [2.75, 3.05) is 6.61 Å². The lowest BCUT2D eigenvalue weighted by molar-refractivity contribution is -0.139. The van der Waals surface area contributed by atoms with E-state index in [-0.39, 0.29) is 6.61 Å². The van der Waals surface area contributed by atoms with Gasteiger partial charge < -0.3 is 14.9 Å². The molecule has 0 unspecified atom stereocenters. The first-order valence-electron chi connectivity index (χ1n) is 4.40. The molecule has 0 radical (unpaired) electrons. The molecule has 0 aliphatic carbocycles. The molecule has 0 amide bonds. The number of hydrogen-bond acceptors (Lipinski definition) is 4. The number of rotatable bonds is 6. The highest BCUT2D eigenvalue weighted by atomic mass is 16.5. The molecule has 0 spiro atoms. The predicted molar refractivity (Wildman–Crippen MR) is 53.4 cm³/mol. The monoisotopic (exact) mass is 214 g/mol. The van der Waals surface area contributed by atoms with E-state index in [4.69, 9.17) is 14.9 Å². The lowest BCUT2D eigenvalue weighted by atomic mass is 10.3. The van der Waals surface area contributed by atoms with Crippen molar-refractivity contribution in [2.24, 2.45) is 0 Å². The van der Waals surface area contributed by atoms with Gasteiger partial charge >= 0.3 is 11.9 Å². The van der Waals surface area contributed by atoms with Crippen molar-refractivity contribution >= 4 is 11.9 Å². The number of esters is 1. The van der Waals surface area contributed by atoms with Gasteiger partial charge in [0.05, 0.1) is 6.61 Å². The van der Waals surface area contributed by atoms with E-state index in [2.05, 4.69) is 6.58 Å². The number of ether oxygens (including phenoxy) is 1. The maximum absolute atomic E-state index is 10.9. The summed E-state index contributed by atoms with van der Waals surface area (Å²) in [6.07, 6.45) is 1.95. The Labute approximate surface area is 87.7 Å². The first-order valence-corrected chi connectivity index (χ1v) is 4.40. The van der Waals surface area contributed by atoms with Gasteiger partial charge in [0.15, 0.2) is 5.76 Å². The Balaban J connectivity index is 3.65. The van der Waals surface area contributed by atoms with Crippen LogP contribution in [0.3, 0.4) is 0 Å². The van der Waals surface area contributed by atoms with Crippen LogP contribution < -0.4 is 0 Å². The first-order chi connectivity index (χ1) is 6.95. The van der Waals surface area contributed by atoms with Gasteiger partial charge in [0.25, 0.3) is 0 Å². The molecule has 0 aliphatic rings. The molecular formula is C10H14O5. The Morgan fingerprint density at radius 2 is 2.00 bits per heavy atom. The van der Waals surface area contributed by atoms with Crippen LogP contribution in [0.5, 0.6) is 0 Å². The second-order valence-electron chi connectivity index (χ2n) is 2.95. The second kappa shape index (κ2) is 6.64. The summed E-state index contributed by atoms with van der Waals surface area (Å²) in [7, 11) is 0. The number of hydrogen-bond donors (Lipinski definition) is 2. The number of carbonyl (C=O) groups excluding carboxylic acids is 1. The van der Waals surface area contributed by atoms with Gasteiger partial charge in [0, 0.05) is 5.57 Å². The summed E-state index contributed by atoms with van der Waals surface area (Å²) in [5.74, 6) is -2.53. The molecule has 0 fully saturated rings. The number of aliphatic hydroxyl groups is 1. The lowest BCUT2D eigenvalue weighted by Crippen LogP contribution is -2.06. The maximum atomic E-state index is 10.9. The zero-order valence-electron chi connectivity index (χ0n) is 8.52. The summed E-state index contributed by atoms with van der Waals surface area (Å²) >= 11 is 0. The van der Waals surface area contributed by atoms with Crippen molar-refractivity contribution in [1.29, 1.82) is 0 Å². The number of carboxylic acid groups (broad SMARTS) is 1. The Kier molecular flexibility index (Phi) is 5.85. The average molecular weight is 214 g/mol. The SMILES string of the molecule is C=C(C)C(=O)OCCCC=C(O)C(=O)O. The van der Waals surface area contributed by atoms with Crippen LogP contribution in [-0.2, 0) is 14.3 Å². The number of carboxylic acids is 1. The standard InChI is InChI=1S/C10H14O5/c1-7(2)10(14)15-6-4-3-5-8(11)9(12)13/h5,11H,1,3-4,6H2,2H3,(H,12,13). The lowest BCUT2D eigenvalue weighted by Gasteiger charge is -2.02. The highest BCUT2D eigenvalue weighted by Gasteiger charge is 2.03. The fourth-order valence-electron chi connectivity index (χ4n) is 0.697. The van der Waals surface area contributed by atoms with E-state index in [9.17, 15) is 9.59 Å². The molecule has 0 aliphatic heterocycles. The van der Waals surface area contributed by atoms with Gasteiger partial charge in [0.2, 0.25) is 0 Å². The van der Waals surface area contributed by atoms with E-state index in [0.29, 0.717) is 18.4 Å². The molecule has 0 heterocycles. The Hall–Kier alpha value is -1.78. The molecule has 84 valence electrons. The van der Waals surface area contributed by atoms with Crippen molar-refractivity contribution in [3.63, 3.8) is 0 Å². The molecule has 0 saturated heterocycles. The number of aliphatic carboxylic acids is 1. The van der Waals surface area contributed by atoms with E-state index < -0.39 is 17.7 Å². The van der Waals surface area contributed by atoms with Crippen LogP contribution in [0.1, 0.15) is 19.8 Å². The van der Waals surface area contributed by atoms with Crippen LogP contribution in [0.2, 0.25) is 0 Å². The Morgan fingerprint density at radius 1 is 1.40 bits per heavy atom. The van der Waals surface area contributed by atoms with Gasteiger partial charge in [-0.15, -0.1) is 0 Å². The molecular weight excluding hydrogens is 200 g/mol. The topological polar surface area (TPSA) is 83.8 Å². The van der Waals surface area contributed by atoms with Crippen molar-refractivity contribution in [3.8, 4) is 0 Å². The summed E-state index contributed by atoms with van der Waals surface area (Å²) in [5, 5.41) is 17.0. The quantitative estimate of drug-likeness (QED) is 0.302. The third-order valence-corrected chi connectivity index (χ3v) is 1.49. The van der Waals surface area contributed by atoms with E-state index in [1.807, 2.05) is 0 Å². The fourth-order valence-corrected chi connectivity index (χ4v) is 0.697. The first kappa shape index (κ1) is 13.2. The van der Waals surface area contributed by atoms with Crippen molar-refractivity contribution in [3.05, 3.63) is 24.0 Å². The third kappa shape index (κ3) is 6.31. The van der Waals surface area contributed by atoms with Crippen LogP contribution in [0, 0.1) is 0 Å². The third-order valence-electron chi connectivity index (χ3n) is 1.49. The van der Waals surface area contributed by atoms with E-state index in [0.717, 1.165) is 6.08 Å². The minimum atomic E-state index is -1.37. The molecule has 0 aromatic heterocycles. The zero-order valence-corrected chi connectivity index (χ0v) is 8.52. The Bertz CT molecular complexity index is 290. The van der Waals surface area contributed by atoms with Gasteiger partial charge in [-0.2, -0.15) is 0 Å². The summed E-state index contributed by atoms with van der Waals surface area (Å²) < 4.78 is 4.75. The molecule has 0 atom stereocenters. The number of unbranched alkanes of at least 4 members (excludes halogenated alkanes) is 1. The highest BCUT2D eigenvalue weighted by Crippen LogP contribution is 1.99. The van der Waals surface area contributed by atoms with E-state index in [1.165, 1.54) is 0 Å². The molecule has 2 N–H and O–H groups in total. The van der Waals surface area contributed by atoms with Gasteiger partial charge in [-0.3, -0.25) is 0 Å². The fraction of sp³-hybridized carbons (Fsp3) is 0.400. The summed E-state index contributed by atoms with van der Waals surface area (Å²) in [5.41, 5.74) is 0.318. The van der Waals surface area contributed by atoms with Gasteiger partial charge in [-0.05, 0) is 25.8 Å². The highest BCUT2D eigenvalue weighted by molar-refractivity contribution is 5.86. The molecule has 5 nitrogen and oxygen atoms in total. The van der Waals surface area contributed by atoms with Crippen LogP contribution in [-0.4, -0.2) is 28.8 Å². The minimum absolute atomic E-state index is 0.176. The molecule has 0 rings (SSSR count). The number of aliphatic hydroxyl groups excluding tert-OH is 1. The van der Waals surface area contributed by atoms with Crippen molar-refractivity contribution < 1.29 is 24.5 Å². The number of carbonyl (C=O) groups is 2. The molecule has 0 aromatic rings. The summed E-state index contributed by atoms with van der Waals surface area (Å²) in [6, 6.07) is 0. The zero-order chi connectivity index (χ0) is 11.8. The predicted octanol–water partition coefficient (Wildman–Crippen LogP) is 1.41. The summed E-state index contributed by atoms with van der Waals surface area (Å²) in [6.45, 7) is 5.12. The summed E-state index contributed by atoms with van der Waals surface area (Å²) in [4.78, 5) is 21.0. The van der Waals surface area contributed by atoms with Crippen molar-refractivity contribution in [1.82, 2.24) is 0 Å². The van der Waals surface area contributed by atoms with E-state index in [1.54, 1.807) is 6.92 Å². The molecule has 15 heavy (non-hydrogen) atoms. The molecule has 0 saturated carbocycles. The smallest absolute Gasteiger partial charge is 0.370 e. The molecule has 0 aromatic carbocycles. The largest absolute Gasteiger partial charge is 0.502 e. The van der Waals surface area contributed by atoms with Crippen LogP contribution >= 0.6 is 0 Å². The normalized spacial score (nSPS) is 10.9. The maximum Gasteiger partial charge on any atom is 0.370 e. The molecule has 0 bridgehead atoms. The van der Waals surface area contributed by atoms with E-state index >= 15 is 0 Å². The van der Waals surface area contributed by atoms with Gasteiger partial charge in [-0.25, -0.2) is 9.59 Å². The number of allylic oxidation sites excluding steroid dienone is 1. The van der Waals surface area contributed by atoms with Crippen molar-refractivity contribution in [2.45, 2.75) is 19.8 Å². The van der Waals surface area contributed by atoms with Gasteiger partial charge in [0.1, 0.15) is 0 Å². The van der Waals surface area contributed by atoms with Crippen LogP contribution in [0.4, 0.5) is 0 Å². The minimum Gasteiger partial charge on any atom is -0.502 e. The van der Waals surface area contributed by atoms with Crippen LogP contribution in [0.25, 0.3) is 0 Å². The van der Waals surface area contributed by atoms with Crippen LogP contribution in [0.15, 0.2) is 24.0 Å². The Morgan fingerprint density at radius 3 is 2.47 bits per heavy atom. The van der Waals surface area contributed by atoms with Gasteiger partial charge in [-0.1, -0.05) is 6.58 Å².